The average Bonchev–Trinajstić information content (AvgIpc) is 1.89. The highest BCUT2D eigenvalue weighted by molar-refractivity contribution is 4.89. The van der Waals surface area contributed by atoms with Gasteiger partial charge in [-0.15, -0.1) is 0 Å². The molecule has 0 rings (SSSR count). The maximum Gasteiger partial charge on any atom is 0.159 e. The van der Waals surface area contributed by atoms with Gasteiger partial charge in [0.1, 0.15) is 6.61 Å². The maximum absolute atomic E-state index is 4.37. The molecule has 0 aliphatic heterocycles. The zero-order valence-electron chi connectivity index (χ0n) is 5.34. The second-order valence-corrected chi connectivity index (χ2v) is 0.958. The van der Waals surface area contributed by atoms with Gasteiger partial charge < -0.3 is 0 Å². The molecular formula is C5H8O4. The number of rotatable bonds is 3. The van der Waals surface area contributed by atoms with Gasteiger partial charge >= 0.3 is 0 Å². The Morgan fingerprint density at radius 3 is 2.56 bits per heavy atom. The zero-order chi connectivity index (χ0) is 6.95. The summed E-state index contributed by atoms with van der Waals surface area (Å²) >= 11 is 0. The van der Waals surface area contributed by atoms with Gasteiger partial charge in [0.25, 0.3) is 0 Å². The smallest absolute Gasteiger partial charge is 0.159 e. The molecule has 0 aromatic heterocycles. The van der Waals surface area contributed by atoms with E-state index >= 15 is 0 Å². The van der Waals surface area contributed by atoms with Crippen LogP contribution < -0.4 is 0 Å². The second-order valence-electron chi connectivity index (χ2n) is 0.958. The standard InChI is InChI=1S/C5H8O4/c1-6-8-4-3-5-9-7-2/h4H2,1-2H3. The first-order chi connectivity index (χ1) is 4.41. The van der Waals surface area contributed by atoms with Crippen molar-refractivity contribution >= 4 is 0 Å². The molecule has 9 heavy (non-hydrogen) atoms. The van der Waals surface area contributed by atoms with E-state index in [9.17, 15) is 0 Å². The third-order valence-corrected chi connectivity index (χ3v) is 0.446. The summed E-state index contributed by atoms with van der Waals surface area (Å²) in [6, 6.07) is 0. The molecule has 0 aromatic rings. The van der Waals surface area contributed by atoms with Crippen LogP contribution >= 0.6 is 0 Å². The summed E-state index contributed by atoms with van der Waals surface area (Å²) in [7, 11) is 2.77. The predicted molar refractivity (Wildman–Crippen MR) is 28.8 cm³/mol. The Kier molecular flexibility index (Phi) is 6.63. The Bertz CT molecular complexity index is 101. The second kappa shape index (κ2) is 7.24. The fourth-order valence-electron chi connectivity index (χ4n) is 0.189. The Morgan fingerprint density at radius 2 is 2.00 bits per heavy atom. The van der Waals surface area contributed by atoms with E-state index in [1.165, 1.54) is 14.2 Å². The predicted octanol–water partition coefficient (Wildman–Crippen LogP) is 0.103. The minimum Gasteiger partial charge on any atom is -0.283 e. The van der Waals surface area contributed by atoms with Gasteiger partial charge in [-0.25, -0.2) is 9.78 Å². The molecule has 0 aromatic carbocycles. The molecule has 0 bridgehead atoms. The van der Waals surface area contributed by atoms with Gasteiger partial charge in [0.2, 0.25) is 0 Å². The van der Waals surface area contributed by atoms with Crippen LogP contribution in [0.25, 0.3) is 0 Å². The van der Waals surface area contributed by atoms with Crippen molar-refractivity contribution in [2.24, 2.45) is 0 Å². The van der Waals surface area contributed by atoms with Gasteiger partial charge in [0.15, 0.2) is 6.11 Å². The van der Waals surface area contributed by atoms with Crippen molar-refractivity contribution in [2.45, 2.75) is 0 Å². The van der Waals surface area contributed by atoms with Crippen molar-refractivity contribution in [3.8, 4) is 12.0 Å². The summed E-state index contributed by atoms with van der Waals surface area (Å²) in [5.74, 6) is 2.44. The quantitative estimate of drug-likeness (QED) is 0.236. The van der Waals surface area contributed by atoms with Crippen molar-refractivity contribution in [1.82, 2.24) is 0 Å². The van der Waals surface area contributed by atoms with Crippen LogP contribution in [-0.2, 0) is 19.6 Å². The molecule has 0 heterocycles. The average molecular weight is 132 g/mol. The SMILES string of the molecule is COOC#CCOOC. The van der Waals surface area contributed by atoms with E-state index in [1.807, 2.05) is 0 Å². The Balaban J connectivity index is 2.96. The molecule has 0 fully saturated rings. The van der Waals surface area contributed by atoms with Crippen LogP contribution in [0.2, 0.25) is 0 Å². The van der Waals surface area contributed by atoms with Crippen LogP contribution in [-0.4, -0.2) is 20.8 Å². The molecule has 4 heteroatoms. The van der Waals surface area contributed by atoms with Gasteiger partial charge in [-0.1, -0.05) is 0 Å². The van der Waals surface area contributed by atoms with Crippen molar-refractivity contribution in [2.75, 3.05) is 20.8 Å². The summed E-state index contributed by atoms with van der Waals surface area (Å²) in [4.78, 5) is 16.9. The molecule has 0 unspecified atom stereocenters. The van der Waals surface area contributed by atoms with Gasteiger partial charge in [0.05, 0.1) is 14.2 Å². The zero-order valence-corrected chi connectivity index (χ0v) is 5.34. The first-order valence-corrected chi connectivity index (χ1v) is 2.25. The highest BCUT2D eigenvalue weighted by Crippen LogP contribution is 1.70. The molecule has 0 radical (unpaired) electrons. The Hall–Kier alpha value is -0.760. The molecule has 0 saturated carbocycles. The lowest BCUT2D eigenvalue weighted by Crippen LogP contribution is -1.88. The molecule has 0 saturated heterocycles. The fraction of sp³-hybridized carbons (Fsp3) is 0.600. The van der Waals surface area contributed by atoms with Gasteiger partial charge in [-0.2, -0.15) is 4.89 Å². The molecule has 0 N–H and O–H groups in total. The molecule has 0 aliphatic rings. The van der Waals surface area contributed by atoms with Crippen molar-refractivity contribution in [1.29, 1.82) is 0 Å². The van der Waals surface area contributed by atoms with E-state index in [4.69, 9.17) is 0 Å². The molecule has 0 aliphatic carbocycles. The normalized spacial score (nSPS) is 7.78. The third-order valence-electron chi connectivity index (χ3n) is 0.446. The maximum atomic E-state index is 4.37. The van der Waals surface area contributed by atoms with E-state index in [0.717, 1.165) is 0 Å². The summed E-state index contributed by atoms with van der Waals surface area (Å²) in [5, 5.41) is 0. The monoisotopic (exact) mass is 132 g/mol. The van der Waals surface area contributed by atoms with Crippen LogP contribution in [0.5, 0.6) is 0 Å². The fourth-order valence-corrected chi connectivity index (χ4v) is 0.189. The third kappa shape index (κ3) is 7.24. The Morgan fingerprint density at radius 1 is 1.22 bits per heavy atom. The van der Waals surface area contributed by atoms with E-state index < -0.39 is 0 Å². The van der Waals surface area contributed by atoms with Gasteiger partial charge in [0, 0.05) is 0 Å². The summed E-state index contributed by atoms with van der Waals surface area (Å²) < 4.78 is 0. The minimum absolute atomic E-state index is 0.167. The van der Waals surface area contributed by atoms with Crippen LogP contribution in [0.1, 0.15) is 0 Å². The molecule has 52 valence electrons. The van der Waals surface area contributed by atoms with Crippen LogP contribution in [0, 0.1) is 12.0 Å². The summed E-state index contributed by atoms with van der Waals surface area (Å²) in [6.07, 6.45) is 2.19. The topological polar surface area (TPSA) is 36.9 Å². The Labute approximate surface area is 53.5 Å². The van der Waals surface area contributed by atoms with E-state index in [2.05, 4.69) is 31.6 Å². The molecule has 0 amide bonds. The number of hydrogen-bond acceptors (Lipinski definition) is 4. The minimum atomic E-state index is 0.167. The van der Waals surface area contributed by atoms with Gasteiger partial charge in [-0.3, -0.25) is 4.89 Å². The highest BCUT2D eigenvalue weighted by atomic mass is 17.2. The van der Waals surface area contributed by atoms with Crippen molar-refractivity contribution in [3.05, 3.63) is 0 Å². The summed E-state index contributed by atoms with van der Waals surface area (Å²) in [5.41, 5.74) is 0. The molecule has 4 nitrogen and oxygen atoms in total. The first-order valence-electron chi connectivity index (χ1n) is 2.25. The lowest BCUT2D eigenvalue weighted by Gasteiger charge is -1.88. The van der Waals surface area contributed by atoms with Crippen molar-refractivity contribution < 1.29 is 19.6 Å². The van der Waals surface area contributed by atoms with E-state index in [0.29, 0.717) is 0 Å². The van der Waals surface area contributed by atoms with Gasteiger partial charge in [-0.05, 0) is 5.92 Å². The molecule has 0 spiro atoms. The first kappa shape index (κ1) is 8.24. The summed E-state index contributed by atoms with van der Waals surface area (Å²) in [6.45, 7) is 0.167. The lowest BCUT2D eigenvalue weighted by atomic mass is 10.8. The van der Waals surface area contributed by atoms with Crippen LogP contribution in [0.3, 0.4) is 0 Å². The molecular weight excluding hydrogens is 124 g/mol. The van der Waals surface area contributed by atoms with Crippen LogP contribution in [0.4, 0.5) is 0 Å². The highest BCUT2D eigenvalue weighted by Gasteiger charge is 1.73. The molecule has 0 atom stereocenters. The van der Waals surface area contributed by atoms with E-state index in [-0.39, 0.29) is 6.61 Å². The van der Waals surface area contributed by atoms with E-state index in [1.54, 1.807) is 0 Å². The number of hydrogen-bond donors (Lipinski definition) is 0. The van der Waals surface area contributed by atoms with Crippen molar-refractivity contribution in [3.63, 3.8) is 0 Å². The largest absolute Gasteiger partial charge is 0.283 e. The van der Waals surface area contributed by atoms with Crippen LogP contribution in [0.15, 0.2) is 0 Å². The lowest BCUT2D eigenvalue weighted by molar-refractivity contribution is -0.262.